The molecule has 142 valence electrons. The lowest BCUT2D eigenvalue weighted by molar-refractivity contribution is 0.0470. The highest BCUT2D eigenvalue weighted by Gasteiger charge is 2.15. The number of unbranched alkanes of at least 4 members (excludes halogenated alkanes) is 1. The van der Waals surface area contributed by atoms with Crippen LogP contribution in [0.3, 0.4) is 0 Å². The Labute approximate surface area is 166 Å². The monoisotopic (exact) mass is 372 g/mol. The molecule has 0 aliphatic rings. The van der Waals surface area contributed by atoms with Crippen LogP contribution in [0.2, 0.25) is 0 Å². The van der Waals surface area contributed by atoms with Gasteiger partial charge in [0.05, 0.1) is 5.56 Å². The van der Waals surface area contributed by atoms with E-state index in [9.17, 15) is 9.59 Å². The molecule has 0 aliphatic heterocycles. The van der Waals surface area contributed by atoms with Gasteiger partial charge in [0.2, 0.25) is 0 Å². The van der Waals surface area contributed by atoms with Crippen LogP contribution in [0.25, 0.3) is 0 Å². The van der Waals surface area contributed by atoms with Crippen molar-refractivity contribution in [3.63, 3.8) is 0 Å². The van der Waals surface area contributed by atoms with Crippen molar-refractivity contribution >= 4 is 11.8 Å². The Morgan fingerprint density at radius 1 is 0.821 bits per heavy atom. The second-order valence-corrected chi connectivity index (χ2v) is 6.73. The zero-order valence-electron chi connectivity index (χ0n) is 16.1. The number of aryl methyl sites for hydroxylation is 1. The van der Waals surface area contributed by atoms with E-state index in [0.717, 1.165) is 24.8 Å². The number of ketones is 1. The number of hydrogen-bond acceptors (Lipinski definition) is 3. The molecule has 0 fully saturated rings. The molecule has 0 amide bonds. The fraction of sp³-hybridized carbons (Fsp3) is 0.200. The summed E-state index contributed by atoms with van der Waals surface area (Å²) in [7, 11) is 0. The average molecular weight is 372 g/mol. The Bertz CT molecular complexity index is 945. The van der Waals surface area contributed by atoms with Crippen LogP contribution in [0, 0.1) is 0 Å². The molecule has 0 radical (unpaired) electrons. The third-order valence-corrected chi connectivity index (χ3v) is 4.64. The molecule has 28 heavy (non-hydrogen) atoms. The van der Waals surface area contributed by atoms with Gasteiger partial charge in [-0.15, -0.1) is 0 Å². The number of benzene rings is 3. The smallest absolute Gasteiger partial charge is 0.338 e. The quantitative estimate of drug-likeness (QED) is 0.381. The van der Waals surface area contributed by atoms with Crippen molar-refractivity contribution in [2.24, 2.45) is 0 Å². The summed E-state index contributed by atoms with van der Waals surface area (Å²) >= 11 is 0. The maximum absolute atomic E-state index is 12.8. The van der Waals surface area contributed by atoms with E-state index in [1.807, 2.05) is 54.6 Å². The summed E-state index contributed by atoms with van der Waals surface area (Å²) in [5.41, 5.74) is 3.55. The minimum Gasteiger partial charge on any atom is -0.457 e. The maximum atomic E-state index is 12.8. The van der Waals surface area contributed by atoms with E-state index in [1.165, 1.54) is 0 Å². The lowest BCUT2D eigenvalue weighted by atomic mass is 9.99. The van der Waals surface area contributed by atoms with Crippen LogP contribution in [0.15, 0.2) is 78.9 Å². The Morgan fingerprint density at radius 3 is 2.32 bits per heavy atom. The van der Waals surface area contributed by atoms with Crippen LogP contribution in [0.5, 0.6) is 0 Å². The summed E-state index contributed by atoms with van der Waals surface area (Å²) in [6, 6.07) is 23.9. The third kappa shape index (κ3) is 4.95. The molecule has 0 saturated heterocycles. The van der Waals surface area contributed by atoms with E-state index in [4.69, 9.17) is 4.74 Å². The molecule has 0 spiro atoms. The fourth-order valence-corrected chi connectivity index (χ4v) is 3.07. The number of carbonyl (C=O) groups is 2. The average Bonchev–Trinajstić information content (AvgIpc) is 2.76. The minimum atomic E-state index is -0.375. The molecular formula is C25H24O3. The van der Waals surface area contributed by atoms with E-state index in [2.05, 4.69) is 6.92 Å². The van der Waals surface area contributed by atoms with Gasteiger partial charge >= 0.3 is 5.97 Å². The number of esters is 1. The maximum Gasteiger partial charge on any atom is 0.338 e. The van der Waals surface area contributed by atoms with Crippen LogP contribution >= 0.6 is 0 Å². The first-order valence-corrected chi connectivity index (χ1v) is 9.62. The lowest BCUT2D eigenvalue weighted by Crippen LogP contribution is -2.10. The highest BCUT2D eigenvalue weighted by molar-refractivity contribution is 6.09. The molecule has 3 aromatic carbocycles. The largest absolute Gasteiger partial charge is 0.457 e. The van der Waals surface area contributed by atoms with Gasteiger partial charge in [0, 0.05) is 16.7 Å². The molecule has 3 aromatic rings. The van der Waals surface area contributed by atoms with E-state index in [0.29, 0.717) is 22.3 Å². The second kappa shape index (κ2) is 9.65. The van der Waals surface area contributed by atoms with Gasteiger partial charge in [-0.2, -0.15) is 0 Å². The van der Waals surface area contributed by atoms with E-state index in [1.54, 1.807) is 24.3 Å². The lowest BCUT2D eigenvalue weighted by Gasteiger charge is -2.10. The first kappa shape index (κ1) is 19.6. The van der Waals surface area contributed by atoms with Crippen molar-refractivity contribution in [1.82, 2.24) is 0 Å². The van der Waals surface area contributed by atoms with Gasteiger partial charge in [-0.25, -0.2) is 4.79 Å². The first-order chi connectivity index (χ1) is 13.7. The SMILES string of the molecule is CCCCc1cccc(C(=O)OCc2ccccc2C(=O)c2ccccc2)c1. The summed E-state index contributed by atoms with van der Waals surface area (Å²) in [5, 5.41) is 0. The van der Waals surface area contributed by atoms with Crippen molar-refractivity contribution in [3.8, 4) is 0 Å². The molecule has 0 bridgehead atoms. The van der Waals surface area contributed by atoms with E-state index in [-0.39, 0.29) is 18.4 Å². The van der Waals surface area contributed by atoms with Crippen molar-refractivity contribution in [2.45, 2.75) is 32.8 Å². The standard InChI is InChI=1S/C25H24O3/c1-2-3-10-19-11-9-15-21(17-19)25(27)28-18-22-14-7-8-16-23(22)24(26)20-12-5-4-6-13-20/h4-9,11-17H,2-3,10,18H2,1H3. The van der Waals surface area contributed by atoms with Gasteiger partial charge < -0.3 is 4.74 Å². The highest BCUT2D eigenvalue weighted by atomic mass is 16.5. The second-order valence-electron chi connectivity index (χ2n) is 6.73. The van der Waals surface area contributed by atoms with Crippen molar-refractivity contribution < 1.29 is 14.3 Å². The Balaban J connectivity index is 1.71. The van der Waals surface area contributed by atoms with Crippen LogP contribution < -0.4 is 0 Å². The minimum absolute atomic E-state index is 0.0623. The molecule has 3 nitrogen and oxygen atoms in total. The van der Waals surface area contributed by atoms with Gasteiger partial charge in [0.1, 0.15) is 6.61 Å². The predicted octanol–water partition coefficient (Wildman–Crippen LogP) is 5.62. The normalized spacial score (nSPS) is 10.5. The number of hydrogen-bond donors (Lipinski definition) is 0. The molecule has 0 saturated carbocycles. The predicted molar refractivity (Wildman–Crippen MR) is 110 cm³/mol. The van der Waals surface area contributed by atoms with Crippen LogP contribution in [0.1, 0.15) is 57.2 Å². The van der Waals surface area contributed by atoms with Crippen LogP contribution in [-0.2, 0) is 17.8 Å². The number of carbonyl (C=O) groups excluding carboxylic acids is 2. The van der Waals surface area contributed by atoms with Gasteiger partial charge in [0.25, 0.3) is 0 Å². The van der Waals surface area contributed by atoms with E-state index < -0.39 is 0 Å². The van der Waals surface area contributed by atoms with Crippen molar-refractivity contribution in [3.05, 3.63) is 107 Å². The van der Waals surface area contributed by atoms with Crippen molar-refractivity contribution in [2.75, 3.05) is 0 Å². The highest BCUT2D eigenvalue weighted by Crippen LogP contribution is 2.17. The summed E-state index contributed by atoms with van der Waals surface area (Å²) < 4.78 is 5.51. The van der Waals surface area contributed by atoms with Gasteiger partial charge in [-0.05, 0) is 30.5 Å². The van der Waals surface area contributed by atoms with Gasteiger partial charge in [0.15, 0.2) is 5.78 Å². The molecule has 3 heteroatoms. The molecule has 0 aromatic heterocycles. The number of rotatable bonds is 8. The summed E-state index contributed by atoms with van der Waals surface area (Å²) in [4.78, 5) is 25.3. The fourth-order valence-electron chi connectivity index (χ4n) is 3.07. The Kier molecular flexibility index (Phi) is 6.74. The van der Waals surface area contributed by atoms with Gasteiger partial charge in [-0.3, -0.25) is 4.79 Å². The molecule has 3 rings (SSSR count). The Hall–Kier alpha value is -3.20. The summed E-state index contributed by atoms with van der Waals surface area (Å²) in [6.45, 7) is 2.21. The third-order valence-electron chi connectivity index (χ3n) is 4.64. The molecule has 0 atom stereocenters. The van der Waals surface area contributed by atoms with Crippen LogP contribution in [0.4, 0.5) is 0 Å². The zero-order chi connectivity index (χ0) is 19.8. The van der Waals surface area contributed by atoms with Crippen molar-refractivity contribution in [1.29, 1.82) is 0 Å². The molecule has 0 N–H and O–H groups in total. The summed E-state index contributed by atoms with van der Waals surface area (Å²) in [5.74, 6) is -0.450. The molecule has 0 heterocycles. The molecule has 0 unspecified atom stereocenters. The van der Waals surface area contributed by atoms with Gasteiger partial charge in [-0.1, -0.05) is 80.1 Å². The number of ether oxygens (including phenoxy) is 1. The zero-order valence-corrected chi connectivity index (χ0v) is 16.1. The van der Waals surface area contributed by atoms with E-state index >= 15 is 0 Å². The topological polar surface area (TPSA) is 43.4 Å². The summed E-state index contributed by atoms with van der Waals surface area (Å²) in [6.07, 6.45) is 3.15. The first-order valence-electron chi connectivity index (χ1n) is 9.62. The van der Waals surface area contributed by atoms with Crippen LogP contribution in [-0.4, -0.2) is 11.8 Å². The molecular weight excluding hydrogens is 348 g/mol. The Morgan fingerprint density at radius 2 is 1.54 bits per heavy atom. The molecule has 0 aliphatic carbocycles.